The molecule has 1 atom stereocenters. The summed E-state index contributed by atoms with van der Waals surface area (Å²) in [5.41, 5.74) is 13.3. The van der Waals surface area contributed by atoms with Gasteiger partial charge in [-0.25, -0.2) is 0 Å². The molecular weight excluding hydrogens is 240 g/mol. The van der Waals surface area contributed by atoms with Gasteiger partial charge in [-0.05, 0) is 31.0 Å². The van der Waals surface area contributed by atoms with E-state index in [1.807, 2.05) is 18.2 Å². The van der Waals surface area contributed by atoms with Crippen LogP contribution in [0.2, 0.25) is 0 Å². The summed E-state index contributed by atoms with van der Waals surface area (Å²) in [4.78, 5) is 0. The fraction of sp³-hybridized carbons (Fsp3) is 0.455. The van der Waals surface area contributed by atoms with E-state index < -0.39 is 0 Å². The summed E-state index contributed by atoms with van der Waals surface area (Å²) in [5, 5.41) is 0. The normalized spacial score (nSPS) is 20.5. The first kappa shape index (κ1) is 10.1. The molecule has 1 aromatic rings. The van der Waals surface area contributed by atoms with Crippen LogP contribution in [0.25, 0.3) is 0 Å². The molecule has 2 rings (SSSR count). The minimum absolute atomic E-state index is 0.0723. The lowest BCUT2D eigenvalue weighted by Crippen LogP contribution is -2.29. The second kappa shape index (κ2) is 3.65. The molecule has 76 valence electrons. The Morgan fingerprint density at radius 2 is 2.00 bits per heavy atom. The van der Waals surface area contributed by atoms with Gasteiger partial charge in [-0.1, -0.05) is 34.1 Å². The van der Waals surface area contributed by atoms with Gasteiger partial charge in [-0.2, -0.15) is 0 Å². The molecule has 1 fully saturated rings. The smallest absolute Gasteiger partial charge is 0.0375 e. The molecule has 0 aliphatic heterocycles. The Labute approximate surface area is 92.8 Å². The maximum Gasteiger partial charge on any atom is 0.0375 e. The summed E-state index contributed by atoms with van der Waals surface area (Å²) in [6, 6.07) is 8.20. The van der Waals surface area contributed by atoms with Crippen LogP contribution in [-0.4, -0.2) is 6.54 Å². The van der Waals surface area contributed by atoms with Gasteiger partial charge in [0.05, 0.1) is 0 Å². The van der Waals surface area contributed by atoms with Gasteiger partial charge >= 0.3 is 0 Å². The minimum Gasteiger partial charge on any atom is -0.330 e. The molecule has 1 aliphatic carbocycles. The SMILES string of the molecule is NCC1(C(N)c2ccccc2Br)CC1. The van der Waals surface area contributed by atoms with Crippen molar-refractivity contribution in [3.05, 3.63) is 34.3 Å². The van der Waals surface area contributed by atoms with Crippen molar-refractivity contribution in [3.8, 4) is 0 Å². The fourth-order valence-corrected chi connectivity index (χ4v) is 2.39. The van der Waals surface area contributed by atoms with Gasteiger partial charge in [0.15, 0.2) is 0 Å². The van der Waals surface area contributed by atoms with E-state index in [4.69, 9.17) is 11.5 Å². The third kappa shape index (κ3) is 1.60. The molecule has 0 aromatic heterocycles. The molecule has 3 heteroatoms. The van der Waals surface area contributed by atoms with Crippen molar-refractivity contribution in [1.82, 2.24) is 0 Å². The van der Waals surface area contributed by atoms with E-state index >= 15 is 0 Å². The van der Waals surface area contributed by atoms with Gasteiger partial charge < -0.3 is 11.5 Å². The first-order valence-electron chi connectivity index (χ1n) is 4.90. The van der Waals surface area contributed by atoms with E-state index in [1.165, 1.54) is 5.56 Å². The number of nitrogens with two attached hydrogens (primary N) is 2. The van der Waals surface area contributed by atoms with Crippen LogP contribution in [0.1, 0.15) is 24.4 Å². The van der Waals surface area contributed by atoms with Crippen molar-refractivity contribution in [2.75, 3.05) is 6.54 Å². The lowest BCUT2D eigenvalue weighted by Gasteiger charge is -2.22. The average Bonchev–Trinajstić information content (AvgIpc) is 2.98. The standard InChI is InChI=1S/C11H15BrN2/c12-9-4-2-1-3-8(9)10(14)11(7-13)5-6-11/h1-4,10H,5-7,13-14H2. The lowest BCUT2D eigenvalue weighted by molar-refractivity contribution is 0.418. The maximum absolute atomic E-state index is 6.24. The van der Waals surface area contributed by atoms with Gasteiger partial charge in [0.2, 0.25) is 0 Å². The van der Waals surface area contributed by atoms with Crippen LogP contribution < -0.4 is 11.5 Å². The first-order chi connectivity index (χ1) is 6.69. The van der Waals surface area contributed by atoms with Crippen molar-refractivity contribution < 1.29 is 0 Å². The number of rotatable bonds is 3. The molecular formula is C11H15BrN2. The minimum atomic E-state index is 0.0723. The van der Waals surface area contributed by atoms with Crippen molar-refractivity contribution in [1.29, 1.82) is 0 Å². The highest BCUT2D eigenvalue weighted by Crippen LogP contribution is 2.53. The van der Waals surface area contributed by atoms with Crippen LogP contribution in [0.3, 0.4) is 0 Å². The Morgan fingerprint density at radius 3 is 2.50 bits per heavy atom. The van der Waals surface area contributed by atoms with E-state index in [-0.39, 0.29) is 11.5 Å². The molecule has 0 bridgehead atoms. The molecule has 4 N–H and O–H groups in total. The quantitative estimate of drug-likeness (QED) is 0.869. The second-order valence-corrected chi connectivity index (χ2v) is 4.92. The molecule has 0 amide bonds. The highest BCUT2D eigenvalue weighted by atomic mass is 79.9. The average molecular weight is 255 g/mol. The number of hydrogen-bond donors (Lipinski definition) is 2. The van der Waals surface area contributed by atoms with E-state index in [1.54, 1.807) is 0 Å². The molecule has 0 heterocycles. The van der Waals surface area contributed by atoms with E-state index in [0.717, 1.165) is 17.3 Å². The van der Waals surface area contributed by atoms with Crippen LogP contribution in [0.15, 0.2) is 28.7 Å². The Morgan fingerprint density at radius 1 is 1.36 bits per heavy atom. The van der Waals surface area contributed by atoms with Crippen LogP contribution in [0, 0.1) is 5.41 Å². The van der Waals surface area contributed by atoms with Crippen molar-refractivity contribution in [2.24, 2.45) is 16.9 Å². The third-order valence-electron chi connectivity index (χ3n) is 3.20. The Kier molecular flexibility index (Phi) is 2.64. The van der Waals surface area contributed by atoms with E-state index in [9.17, 15) is 0 Å². The summed E-state index contributed by atoms with van der Waals surface area (Å²) < 4.78 is 1.09. The van der Waals surface area contributed by atoms with Crippen LogP contribution in [0.4, 0.5) is 0 Å². The van der Waals surface area contributed by atoms with Gasteiger partial charge in [0, 0.05) is 15.9 Å². The monoisotopic (exact) mass is 254 g/mol. The topological polar surface area (TPSA) is 52.0 Å². The summed E-state index contributed by atoms with van der Waals surface area (Å²) in [7, 11) is 0. The molecule has 1 aromatic carbocycles. The fourth-order valence-electron chi connectivity index (χ4n) is 1.86. The van der Waals surface area contributed by atoms with Crippen LogP contribution in [0.5, 0.6) is 0 Å². The Hall–Kier alpha value is -0.380. The van der Waals surface area contributed by atoms with E-state index in [0.29, 0.717) is 6.54 Å². The number of halogens is 1. The van der Waals surface area contributed by atoms with Gasteiger partial charge in [0.1, 0.15) is 0 Å². The van der Waals surface area contributed by atoms with Crippen LogP contribution in [-0.2, 0) is 0 Å². The zero-order valence-corrected chi connectivity index (χ0v) is 9.63. The predicted octanol–water partition coefficient (Wildman–Crippen LogP) is 2.19. The first-order valence-corrected chi connectivity index (χ1v) is 5.69. The molecule has 2 nitrogen and oxygen atoms in total. The molecule has 0 radical (unpaired) electrons. The summed E-state index contributed by atoms with van der Waals surface area (Å²) >= 11 is 3.53. The van der Waals surface area contributed by atoms with Crippen molar-refractivity contribution in [3.63, 3.8) is 0 Å². The Bertz CT molecular complexity index is 334. The largest absolute Gasteiger partial charge is 0.330 e. The summed E-state index contributed by atoms with van der Waals surface area (Å²) in [6.07, 6.45) is 2.32. The number of benzene rings is 1. The molecule has 0 saturated heterocycles. The zero-order chi connectivity index (χ0) is 10.2. The molecule has 0 spiro atoms. The third-order valence-corrected chi connectivity index (χ3v) is 3.92. The van der Waals surface area contributed by atoms with Gasteiger partial charge in [0.25, 0.3) is 0 Å². The highest BCUT2D eigenvalue weighted by Gasteiger charge is 2.47. The maximum atomic E-state index is 6.24. The van der Waals surface area contributed by atoms with Crippen molar-refractivity contribution >= 4 is 15.9 Å². The molecule has 1 unspecified atom stereocenters. The van der Waals surface area contributed by atoms with Gasteiger partial charge in [-0.15, -0.1) is 0 Å². The molecule has 14 heavy (non-hydrogen) atoms. The van der Waals surface area contributed by atoms with E-state index in [2.05, 4.69) is 22.0 Å². The molecule has 1 saturated carbocycles. The predicted molar refractivity (Wildman–Crippen MR) is 61.8 cm³/mol. The Balaban J connectivity index is 2.27. The second-order valence-electron chi connectivity index (χ2n) is 4.07. The van der Waals surface area contributed by atoms with Crippen LogP contribution >= 0.6 is 15.9 Å². The van der Waals surface area contributed by atoms with Crippen molar-refractivity contribution in [2.45, 2.75) is 18.9 Å². The zero-order valence-electron chi connectivity index (χ0n) is 8.04. The highest BCUT2D eigenvalue weighted by molar-refractivity contribution is 9.10. The van der Waals surface area contributed by atoms with Gasteiger partial charge in [-0.3, -0.25) is 0 Å². The lowest BCUT2D eigenvalue weighted by atomic mass is 9.91. The summed E-state index contributed by atoms with van der Waals surface area (Å²) in [6.45, 7) is 0.690. The summed E-state index contributed by atoms with van der Waals surface area (Å²) in [5.74, 6) is 0. The molecule has 1 aliphatic rings. The number of hydrogen-bond acceptors (Lipinski definition) is 2.